The van der Waals surface area contributed by atoms with E-state index in [1.807, 2.05) is 31.2 Å². The van der Waals surface area contributed by atoms with Gasteiger partial charge in [0.25, 0.3) is 0 Å². The van der Waals surface area contributed by atoms with Crippen LogP contribution in [0.1, 0.15) is 18.9 Å². The molecule has 3 nitrogen and oxygen atoms in total. The maximum absolute atomic E-state index is 11.5. The minimum absolute atomic E-state index is 0.202. The molecule has 0 spiro atoms. The number of ether oxygens (including phenoxy) is 2. The molecule has 0 saturated carbocycles. The lowest BCUT2D eigenvalue weighted by Crippen LogP contribution is -2.12. The Morgan fingerprint density at radius 2 is 1.88 bits per heavy atom. The van der Waals surface area contributed by atoms with Crippen LogP contribution < -0.4 is 0 Å². The predicted molar refractivity (Wildman–Crippen MR) is 74.9 cm³/mol. The van der Waals surface area contributed by atoms with Gasteiger partial charge in [0.15, 0.2) is 0 Å². The molecule has 0 aliphatic carbocycles. The molecule has 17 heavy (non-hydrogen) atoms. The third kappa shape index (κ3) is 6.63. The Kier molecular flexibility index (Phi) is 7.19. The number of benzene rings is 1. The number of hydrogen-bond donors (Lipinski definition) is 0. The molecular weight excluding hydrogens is 331 g/mol. The molecule has 0 fully saturated rings. The number of esters is 1. The van der Waals surface area contributed by atoms with Gasteiger partial charge >= 0.3 is 5.97 Å². The maximum Gasteiger partial charge on any atom is 0.310 e. The van der Waals surface area contributed by atoms with E-state index in [0.717, 1.165) is 15.6 Å². The van der Waals surface area contributed by atoms with Crippen LogP contribution in [0.2, 0.25) is 0 Å². The van der Waals surface area contributed by atoms with Crippen molar-refractivity contribution in [3.63, 3.8) is 0 Å². The largest absolute Gasteiger partial charge is 0.463 e. The van der Waals surface area contributed by atoms with E-state index in [-0.39, 0.29) is 5.97 Å². The molecule has 0 aliphatic rings. The second kappa shape index (κ2) is 8.47. The van der Waals surface area contributed by atoms with Crippen molar-refractivity contribution in [2.45, 2.75) is 19.8 Å². The van der Waals surface area contributed by atoms with Crippen LogP contribution >= 0.6 is 22.6 Å². The Morgan fingerprint density at radius 3 is 2.53 bits per heavy atom. The monoisotopic (exact) mass is 348 g/mol. The molecule has 0 saturated heterocycles. The maximum atomic E-state index is 11.5. The summed E-state index contributed by atoms with van der Waals surface area (Å²) in [6.07, 6.45) is 1.31. The molecule has 0 radical (unpaired) electrons. The molecule has 1 aromatic rings. The highest BCUT2D eigenvalue weighted by molar-refractivity contribution is 14.1. The lowest BCUT2D eigenvalue weighted by atomic mass is 10.2. The van der Waals surface area contributed by atoms with Gasteiger partial charge in [0.05, 0.1) is 13.0 Å². The molecule has 0 aliphatic heterocycles. The number of halogens is 1. The van der Waals surface area contributed by atoms with Gasteiger partial charge in [-0.3, -0.25) is 4.79 Å². The van der Waals surface area contributed by atoms with Gasteiger partial charge in [0.1, 0.15) is 6.61 Å². The number of carbonyl (C=O) groups excluding carboxylic acids is 1. The second-order valence-electron chi connectivity index (χ2n) is 3.64. The van der Waals surface area contributed by atoms with Crippen molar-refractivity contribution in [1.82, 2.24) is 0 Å². The highest BCUT2D eigenvalue weighted by Gasteiger charge is 2.04. The van der Waals surface area contributed by atoms with Crippen molar-refractivity contribution < 1.29 is 14.3 Å². The van der Waals surface area contributed by atoms with E-state index in [1.165, 1.54) is 0 Å². The summed E-state index contributed by atoms with van der Waals surface area (Å²) in [7, 11) is 0. The zero-order chi connectivity index (χ0) is 12.5. The minimum Gasteiger partial charge on any atom is -0.463 e. The first-order chi connectivity index (χ1) is 8.22. The zero-order valence-electron chi connectivity index (χ0n) is 9.95. The molecule has 0 N–H and O–H groups in total. The topological polar surface area (TPSA) is 35.5 Å². The molecular formula is C13H17IO3. The van der Waals surface area contributed by atoms with Gasteiger partial charge in [0, 0.05) is 10.2 Å². The Balaban J connectivity index is 2.18. The molecule has 4 heteroatoms. The molecule has 1 aromatic carbocycles. The summed E-state index contributed by atoms with van der Waals surface area (Å²) < 4.78 is 11.4. The van der Waals surface area contributed by atoms with Gasteiger partial charge in [-0.1, -0.05) is 19.1 Å². The van der Waals surface area contributed by atoms with Crippen molar-refractivity contribution in [3.05, 3.63) is 33.4 Å². The Hall–Kier alpha value is -0.620. The SMILES string of the molecule is CCCOCCOC(=O)Cc1ccc(I)cc1. The van der Waals surface area contributed by atoms with Crippen molar-refractivity contribution in [2.75, 3.05) is 19.8 Å². The molecule has 0 bridgehead atoms. The lowest BCUT2D eigenvalue weighted by Gasteiger charge is -2.05. The Morgan fingerprint density at radius 1 is 1.18 bits per heavy atom. The van der Waals surface area contributed by atoms with Crippen molar-refractivity contribution in [2.24, 2.45) is 0 Å². The fraction of sp³-hybridized carbons (Fsp3) is 0.462. The van der Waals surface area contributed by atoms with E-state index in [1.54, 1.807) is 0 Å². The van der Waals surface area contributed by atoms with E-state index in [2.05, 4.69) is 22.6 Å². The number of hydrogen-bond acceptors (Lipinski definition) is 3. The molecule has 0 aromatic heterocycles. The zero-order valence-corrected chi connectivity index (χ0v) is 12.1. The highest BCUT2D eigenvalue weighted by Crippen LogP contribution is 2.07. The standard InChI is InChI=1S/C13H17IO3/c1-2-7-16-8-9-17-13(15)10-11-3-5-12(14)6-4-11/h3-6H,2,7-10H2,1H3. The van der Waals surface area contributed by atoms with Crippen LogP contribution in [0.25, 0.3) is 0 Å². The van der Waals surface area contributed by atoms with Gasteiger partial charge in [-0.2, -0.15) is 0 Å². The van der Waals surface area contributed by atoms with Gasteiger partial charge < -0.3 is 9.47 Å². The third-order valence-corrected chi connectivity index (χ3v) is 2.82. The summed E-state index contributed by atoms with van der Waals surface area (Å²) in [5.74, 6) is -0.202. The minimum atomic E-state index is -0.202. The van der Waals surface area contributed by atoms with E-state index >= 15 is 0 Å². The fourth-order valence-corrected chi connectivity index (χ4v) is 1.64. The first kappa shape index (κ1) is 14.4. The average Bonchev–Trinajstić information content (AvgIpc) is 2.32. The molecule has 1 rings (SSSR count). The van der Waals surface area contributed by atoms with E-state index in [4.69, 9.17) is 9.47 Å². The predicted octanol–water partition coefficient (Wildman–Crippen LogP) is 2.80. The summed E-state index contributed by atoms with van der Waals surface area (Å²) >= 11 is 2.23. The Bertz CT molecular complexity index is 335. The molecule has 0 unspecified atom stereocenters. The number of carbonyl (C=O) groups is 1. The van der Waals surface area contributed by atoms with Gasteiger partial charge in [-0.25, -0.2) is 0 Å². The first-order valence-electron chi connectivity index (χ1n) is 5.70. The summed E-state index contributed by atoms with van der Waals surface area (Å²) in [5, 5.41) is 0. The van der Waals surface area contributed by atoms with E-state index in [9.17, 15) is 4.79 Å². The summed E-state index contributed by atoms with van der Waals surface area (Å²) in [6, 6.07) is 7.84. The first-order valence-corrected chi connectivity index (χ1v) is 6.78. The lowest BCUT2D eigenvalue weighted by molar-refractivity contribution is -0.144. The molecule has 0 atom stereocenters. The van der Waals surface area contributed by atoms with Crippen molar-refractivity contribution >= 4 is 28.6 Å². The van der Waals surface area contributed by atoms with Crippen LogP contribution in [-0.2, 0) is 20.7 Å². The normalized spacial score (nSPS) is 10.2. The van der Waals surface area contributed by atoms with Gasteiger partial charge in [-0.05, 0) is 46.7 Å². The van der Waals surface area contributed by atoms with Crippen LogP contribution in [0.3, 0.4) is 0 Å². The molecule has 0 heterocycles. The van der Waals surface area contributed by atoms with Crippen LogP contribution in [-0.4, -0.2) is 25.8 Å². The van der Waals surface area contributed by atoms with E-state index < -0.39 is 0 Å². The van der Waals surface area contributed by atoms with Crippen LogP contribution in [0.15, 0.2) is 24.3 Å². The fourth-order valence-electron chi connectivity index (χ4n) is 1.28. The molecule has 0 amide bonds. The summed E-state index contributed by atoms with van der Waals surface area (Å²) in [5.41, 5.74) is 0.977. The highest BCUT2D eigenvalue weighted by atomic mass is 127. The Labute approximate surface area is 116 Å². The summed E-state index contributed by atoms with van der Waals surface area (Å²) in [4.78, 5) is 11.5. The van der Waals surface area contributed by atoms with Crippen LogP contribution in [0.5, 0.6) is 0 Å². The van der Waals surface area contributed by atoms with E-state index in [0.29, 0.717) is 26.2 Å². The van der Waals surface area contributed by atoms with Gasteiger partial charge in [-0.15, -0.1) is 0 Å². The number of rotatable bonds is 7. The summed E-state index contributed by atoms with van der Waals surface area (Å²) in [6.45, 7) is 3.58. The van der Waals surface area contributed by atoms with Crippen molar-refractivity contribution in [1.29, 1.82) is 0 Å². The second-order valence-corrected chi connectivity index (χ2v) is 4.88. The molecule has 94 valence electrons. The van der Waals surface area contributed by atoms with Crippen LogP contribution in [0, 0.1) is 3.57 Å². The average molecular weight is 348 g/mol. The smallest absolute Gasteiger partial charge is 0.310 e. The van der Waals surface area contributed by atoms with Crippen LogP contribution in [0.4, 0.5) is 0 Å². The quantitative estimate of drug-likeness (QED) is 0.432. The van der Waals surface area contributed by atoms with Gasteiger partial charge in [0.2, 0.25) is 0 Å². The third-order valence-electron chi connectivity index (χ3n) is 2.10. The van der Waals surface area contributed by atoms with Crippen molar-refractivity contribution in [3.8, 4) is 0 Å².